The second kappa shape index (κ2) is 5.37. The van der Waals surface area contributed by atoms with Crippen molar-refractivity contribution >= 4 is 11.6 Å². The third kappa shape index (κ3) is 3.00. The highest BCUT2D eigenvalue weighted by molar-refractivity contribution is 6.31. The molecule has 0 aliphatic heterocycles. The van der Waals surface area contributed by atoms with Crippen LogP contribution in [0.4, 0.5) is 0 Å². The Morgan fingerprint density at radius 1 is 1.50 bits per heavy atom. The lowest BCUT2D eigenvalue weighted by Crippen LogP contribution is -2.16. The van der Waals surface area contributed by atoms with Crippen LogP contribution in [0.15, 0.2) is 30.9 Å². The van der Waals surface area contributed by atoms with Gasteiger partial charge in [0.2, 0.25) is 0 Å². The molecule has 1 aliphatic rings. The molecule has 1 fully saturated rings. The smallest absolute Gasteiger partial charge is 0.125 e. The first kappa shape index (κ1) is 11.5. The second-order valence-electron chi connectivity index (χ2n) is 3.97. The fourth-order valence-corrected chi connectivity index (χ4v) is 1.76. The third-order valence-corrected chi connectivity index (χ3v) is 2.93. The Balaban J connectivity index is 2.07. The molecule has 0 spiro atoms. The van der Waals surface area contributed by atoms with Gasteiger partial charge in [-0.05, 0) is 25.0 Å². The van der Waals surface area contributed by atoms with Gasteiger partial charge in [0.05, 0.1) is 0 Å². The number of halogens is 1. The molecule has 0 aromatic heterocycles. The molecule has 3 heteroatoms. The number of rotatable bonds is 6. The van der Waals surface area contributed by atoms with E-state index in [0.29, 0.717) is 12.6 Å². The molecule has 0 bridgehead atoms. The number of hydrogen-bond acceptors (Lipinski definition) is 2. The van der Waals surface area contributed by atoms with E-state index >= 15 is 0 Å². The van der Waals surface area contributed by atoms with Crippen LogP contribution < -0.4 is 10.1 Å². The Labute approximate surface area is 101 Å². The van der Waals surface area contributed by atoms with Crippen molar-refractivity contribution in [1.82, 2.24) is 5.32 Å². The van der Waals surface area contributed by atoms with Gasteiger partial charge < -0.3 is 10.1 Å². The maximum absolute atomic E-state index is 6.17. The molecule has 86 valence electrons. The molecule has 0 heterocycles. The van der Waals surface area contributed by atoms with Gasteiger partial charge in [-0.15, -0.1) is 0 Å². The highest BCUT2D eigenvalue weighted by Crippen LogP contribution is 2.28. The van der Waals surface area contributed by atoms with Crippen LogP contribution in [-0.2, 0) is 6.54 Å². The molecule has 0 atom stereocenters. The van der Waals surface area contributed by atoms with Crippen molar-refractivity contribution in [1.29, 1.82) is 0 Å². The Morgan fingerprint density at radius 3 is 3.00 bits per heavy atom. The predicted molar refractivity (Wildman–Crippen MR) is 67.0 cm³/mol. The van der Waals surface area contributed by atoms with E-state index < -0.39 is 0 Å². The molecule has 0 radical (unpaired) electrons. The van der Waals surface area contributed by atoms with Gasteiger partial charge in [-0.25, -0.2) is 0 Å². The van der Waals surface area contributed by atoms with Crippen molar-refractivity contribution in [2.45, 2.75) is 25.4 Å². The molecular formula is C13H16ClNO. The average molecular weight is 238 g/mol. The quantitative estimate of drug-likeness (QED) is 0.768. The molecule has 2 nitrogen and oxygen atoms in total. The summed E-state index contributed by atoms with van der Waals surface area (Å²) in [6.07, 6.45) is 4.28. The van der Waals surface area contributed by atoms with Crippen molar-refractivity contribution in [2.75, 3.05) is 6.61 Å². The van der Waals surface area contributed by atoms with E-state index in [-0.39, 0.29) is 0 Å². The van der Waals surface area contributed by atoms with E-state index in [1.165, 1.54) is 12.8 Å². The molecular weight excluding hydrogens is 222 g/mol. The van der Waals surface area contributed by atoms with E-state index in [2.05, 4.69) is 11.9 Å². The van der Waals surface area contributed by atoms with Crippen LogP contribution in [0.25, 0.3) is 0 Å². The zero-order chi connectivity index (χ0) is 11.4. The second-order valence-corrected chi connectivity index (χ2v) is 4.38. The van der Waals surface area contributed by atoms with Gasteiger partial charge >= 0.3 is 0 Å². The largest absolute Gasteiger partial charge is 0.489 e. The Bertz CT molecular complexity index is 374. The fraction of sp³-hybridized carbons (Fsp3) is 0.385. The summed E-state index contributed by atoms with van der Waals surface area (Å²) in [5.41, 5.74) is 1.04. The summed E-state index contributed by atoms with van der Waals surface area (Å²) in [7, 11) is 0. The van der Waals surface area contributed by atoms with E-state index in [0.717, 1.165) is 22.9 Å². The van der Waals surface area contributed by atoms with Gasteiger partial charge in [-0.3, -0.25) is 0 Å². The summed E-state index contributed by atoms with van der Waals surface area (Å²) in [5.74, 6) is 0.848. The van der Waals surface area contributed by atoms with Crippen LogP contribution in [0.5, 0.6) is 5.75 Å². The zero-order valence-electron chi connectivity index (χ0n) is 9.21. The number of benzene rings is 1. The molecule has 1 saturated carbocycles. The van der Waals surface area contributed by atoms with Gasteiger partial charge in [0.1, 0.15) is 12.4 Å². The fourth-order valence-electron chi connectivity index (χ4n) is 1.53. The van der Waals surface area contributed by atoms with Crippen LogP contribution in [-0.4, -0.2) is 12.6 Å². The van der Waals surface area contributed by atoms with E-state index in [9.17, 15) is 0 Å². The third-order valence-electron chi connectivity index (χ3n) is 2.58. The first-order valence-corrected chi connectivity index (χ1v) is 5.93. The molecule has 1 aliphatic carbocycles. The lowest BCUT2D eigenvalue weighted by atomic mass is 10.2. The molecule has 16 heavy (non-hydrogen) atoms. The average Bonchev–Trinajstić information content (AvgIpc) is 3.09. The first-order chi connectivity index (χ1) is 7.81. The van der Waals surface area contributed by atoms with Crippen molar-refractivity contribution in [3.05, 3.63) is 41.4 Å². The zero-order valence-corrected chi connectivity index (χ0v) is 9.96. The molecule has 0 unspecified atom stereocenters. The molecule has 0 saturated heterocycles. The SMILES string of the molecule is C=CCOc1cccc(Cl)c1CNC1CC1. The number of ether oxygens (including phenoxy) is 1. The first-order valence-electron chi connectivity index (χ1n) is 5.55. The van der Waals surface area contributed by atoms with Crippen LogP contribution >= 0.6 is 11.6 Å². The van der Waals surface area contributed by atoms with E-state index in [1.54, 1.807) is 6.08 Å². The Hall–Kier alpha value is -0.990. The standard InChI is InChI=1S/C13H16ClNO/c1-2-8-16-13-5-3-4-12(14)11(13)9-15-10-6-7-10/h2-5,10,15H,1,6-9H2. The maximum Gasteiger partial charge on any atom is 0.125 e. The molecule has 1 aromatic rings. The summed E-state index contributed by atoms with van der Waals surface area (Å²) in [6.45, 7) is 4.92. The van der Waals surface area contributed by atoms with Crippen molar-refractivity contribution in [3.8, 4) is 5.75 Å². The minimum Gasteiger partial charge on any atom is -0.489 e. The van der Waals surface area contributed by atoms with Gasteiger partial charge in [0.15, 0.2) is 0 Å². The summed E-state index contributed by atoms with van der Waals surface area (Å²) in [4.78, 5) is 0. The van der Waals surface area contributed by atoms with Crippen molar-refractivity contribution in [3.63, 3.8) is 0 Å². The van der Waals surface area contributed by atoms with Gasteiger partial charge in [-0.2, -0.15) is 0 Å². The number of hydrogen-bond donors (Lipinski definition) is 1. The Morgan fingerprint density at radius 2 is 2.31 bits per heavy atom. The lowest BCUT2D eigenvalue weighted by Gasteiger charge is -2.12. The molecule has 2 rings (SSSR count). The minimum atomic E-state index is 0.511. The summed E-state index contributed by atoms with van der Waals surface area (Å²) in [6, 6.07) is 6.41. The monoisotopic (exact) mass is 237 g/mol. The van der Waals surface area contributed by atoms with E-state index in [1.807, 2.05) is 18.2 Å². The predicted octanol–water partition coefficient (Wildman–Crippen LogP) is 3.16. The molecule has 0 amide bonds. The highest BCUT2D eigenvalue weighted by Gasteiger charge is 2.21. The molecule has 1 N–H and O–H groups in total. The summed E-state index contributed by atoms with van der Waals surface area (Å²) < 4.78 is 5.58. The molecule has 1 aromatic carbocycles. The van der Waals surface area contributed by atoms with Crippen LogP contribution in [0.3, 0.4) is 0 Å². The summed E-state index contributed by atoms with van der Waals surface area (Å²) in [5, 5.41) is 4.20. The Kier molecular flexibility index (Phi) is 3.86. The van der Waals surface area contributed by atoms with Crippen LogP contribution in [0, 0.1) is 0 Å². The van der Waals surface area contributed by atoms with Crippen LogP contribution in [0.1, 0.15) is 18.4 Å². The normalized spacial score (nSPS) is 14.8. The minimum absolute atomic E-state index is 0.511. The number of nitrogens with one attached hydrogen (secondary N) is 1. The highest BCUT2D eigenvalue weighted by atomic mass is 35.5. The maximum atomic E-state index is 6.17. The van der Waals surface area contributed by atoms with Crippen molar-refractivity contribution in [2.24, 2.45) is 0 Å². The topological polar surface area (TPSA) is 21.3 Å². The van der Waals surface area contributed by atoms with Crippen LogP contribution in [0.2, 0.25) is 5.02 Å². The van der Waals surface area contributed by atoms with E-state index in [4.69, 9.17) is 16.3 Å². The van der Waals surface area contributed by atoms with Crippen molar-refractivity contribution < 1.29 is 4.74 Å². The summed E-state index contributed by atoms with van der Waals surface area (Å²) >= 11 is 6.17. The van der Waals surface area contributed by atoms with Gasteiger partial charge in [0.25, 0.3) is 0 Å². The van der Waals surface area contributed by atoms with Gasteiger partial charge in [-0.1, -0.05) is 30.3 Å². The van der Waals surface area contributed by atoms with Gasteiger partial charge in [0, 0.05) is 23.2 Å². The lowest BCUT2D eigenvalue weighted by molar-refractivity contribution is 0.358.